The quantitative estimate of drug-likeness (QED) is 0.834. The van der Waals surface area contributed by atoms with Crippen LogP contribution in [0.2, 0.25) is 0 Å². The van der Waals surface area contributed by atoms with E-state index in [0.29, 0.717) is 12.1 Å². The first-order valence-electron chi connectivity index (χ1n) is 8.24. The molecule has 1 aromatic rings. The van der Waals surface area contributed by atoms with Crippen LogP contribution >= 0.6 is 0 Å². The van der Waals surface area contributed by atoms with Gasteiger partial charge in [-0.1, -0.05) is 13.3 Å². The summed E-state index contributed by atoms with van der Waals surface area (Å²) in [5.41, 5.74) is 2.46. The lowest BCUT2D eigenvalue weighted by Crippen LogP contribution is -2.34. The molecule has 0 spiro atoms. The zero-order valence-electron chi connectivity index (χ0n) is 13.8. The molecule has 3 nitrogen and oxygen atoms in total. The normalized spacial score (nSPS) is 22.3. The van der Waals surface area contributed by atoms with E-state index in [9.17, 15) is 0 Å². The first kappa shape index (κ1) is 16.2. The standard InChI is InChI=1S/C18H29NO2/c1-5-6-16-12-15(9-10-20-16)19-18-8-7-17(11-14(18)4)21-13(2)3/h7-8,11,13,15-16,19H,5-6,9-10,12H2,1-4H3. The number of nitrogens with one attached hydrogen (secondary N) is 1. The predicted octanol–water partition coefficient (Wildman–Crippen LogP) is 4.54. The van der Waals surface area contributed by atoms with Crippen LogP contribution in [0, 0.1) is 6.92 Å². The molecular formula is C18H29NO2. The van der Waals surface area contributed by atoms with Gasteiger partial charge in [-0.15, -0.1) is 0 Å². The highest BCUT2D eigenvalue weighted by atomic mass is 16.5. The molecule has 2 unspecified atom stereocenters. The average molecular weight is 291 g/mol. The van der Waals surface area contributed by atoms with Gasteiger partial charge in [0.05, 0.1) is 12.2 Å². The Labute approximate surface area is 129 Å². The number of hydrogen-bond donors (Lipinski definition) is 1. The summed E-state index contributed by atoms with van der Waals surface area (Å²) in [7, 11) is 0. The van der Waals surface area contributed by atoms with Crippen LogP contribution in [-0.2, 0) is 4.74 Å². The molecule has 1 aromatic carbocycles. The van der Waals surface area contributed by atoms with Crippen LogP contribution in [0.25, 0.3) is 0 Å². The molecule has 0 bridgehead atoms. The lowest BCUT2D eigenvalue weighted by Gasteiger charge is -2.31. The minimum absolute atomic E-state index is 0.216. The zero-order valence-corrected chi connectivity index (χ0v) is 13.8. The fourth-order valence-electron chi connectivity index (χ4n) is 2.90. The summed E-state index contributed by atoms with van der Waals surface area (Å²) < 4.78 is 11.6. The van der Waals surface area contributed by atoms with Crippen molar-refractivity contribution in [1.29, 1.82) is 0 Å². The molecule has 2 atom stereocenters. The topological polar surface area (TPSA) is 30.5 Å². The van der Waals surface area contributed by atoms with Gasteiger partial charge in [-0.05, 0) is 63.8 Å². The number of anilines is 1. The van der Waals surface area contributed by atoms with Crippen molar-refractivity contribution in [3.63, 3.8) is 0 Å². The van der Waals surface area contributed by atoms with Crippen LogP contribution in [0.4, 0.5) is 5.69 Å². The maximum atomic E-state index is 5.82. The van der Waals surface area contributed by atoms with Gasteiger partial charge in [-0.2, -0.15) is 0 Å². The number of hydrogen-bond acceptors (Lipinski definition) is 3. The molecule has 1 N–H and O–H groups in total. The van der Waals surface area contributed by atoms with Crippen molar-refractivity contribution in [3.8, 4) is 5.75 Å². The highest BCUT2D eigenvalue weighted by molar-refractivity contribution is 5.54. The summed E-state index contributed by atoms with van der Waals surface area (Å²) >= 11 is 0. The average Bonchev–Trinajstić information content (AvgIpc) is 2.42. The van der Waals surface area contributed by atoms with Gasteiger partial charge in [0.15, 0.2) is 0 Å². The minimum Gasteiger partial charge on any atom is -0.491 e. The van der Waals surface area contributed by atoms with Crippen molar-refractivity contribution in [3.05, 3.63) is 23.8 Å². The Morgan fingerprint density at radius 3 is 2.86 bits per heavy atom. The van der Waals surface area contributed by atoms with Crippen LogP contribution in [0.3, 0.4) is 0 Å². The summed E-state index contributed by atoms with van der Waals surface area (Å²) in [5.74, 6) is 0.948. The predicted molar refractivity (Wildman–Crippen MR) is 88.2 cm³/mol. The maximum absolute atomic E-state index is 5.82. The van der Waals surface area contributed by atoms with E-state index in [1.165, 1.54) is 24.1 Å². The first-order chi connectivity index (χ1) is 10.1. The van der Waals surface area contributed by atoms with Gasteiger partial charge >= 0.3 is 0 Å². The SMILES string of the molecule is CCCC1CC(Nc2ccc(OC(C)C)cc2C)CCO1. The van der Waals surface area contributed by atoms with Crippen LogP contribution in [0.15, 0.2) is 18.2 Å². The number of benzene rings is 1. The monoisotopic (exact) mass is 291 g/mol. The highest BCUT2D eigenvalue weighted by Gasteiger charge is 2.22. The Balaban J connectivity index is 1.96. The van der Waals surface area contributed by atoms with Crippen molar-refractivity contribution in [1.82, 2.24) is 0 Å². The summed E-state index contributed by atoms with van der Waals surface area (Å²) in [5, 5.41) is 3.68. The maximum Gasteiger partial charge on any atom is 0.120 e. The lowest BCUT2D eigenvalue weighted by molar-refractivity contribution is 0.00597. The van der Waals surface area contributed by atoms with E-state index in [2.05, 4.69) is 51.2 Å². The second-order valence-electron chi connectivity index (χ2n) is 6.29. The van der Waals surface area contributed by atoms with E-state index in [1.54, 1.807) is 0 Å². The van der Waals surface area contributed by atoms with Crippen LogP contribution in [0.1, 0.15) is 52.0 Å². The van der Waals surface area contributed by atoms with E-state index < -0.39 is 0 Å². The van der Waals surface area contributed by atoms with Crippen molar-refractivity contribution >= 4 is 5.69 Å². The number of rotatable bonds is 6. The third-order valence-electron chi connectivity index (χ3n) is 3.91. The molecule has 21 heavy (non-hydrogen) atoms. The summed E-state index contributed by atoms with van der Waals surface area (Å²) in [6.07, 6.45) is 5.19. The van der Waals surface area contributed by atoms with Gasteiger partial charge < -0.3 is 14.8 Å². The van der Waals surface area contributed by atoms with Gasteiger partial charge in [0, 0.05) is 18.3 Å². The van der Waals surface area contributed by atoms with E-state index in [1.807, 2.05) is 0 Å². The molecule has 0 amide bonds. The summed E-state index contributed by atoms with van der Waals surface area (Å²) in [4.78, 5) is 0. The molecule has 1 fully saturated rings. The molecule has 3 heteroatoms. The smallest absolute Gasteiger partial charge is 0.120 e. The van der Waals surface area contributed by atoms with Crippen molar-refractivity contribution in [2.75, 3.05) is 11.9 Å². The zero-order chi connectivity index (χ0) is 15.2. The van der Waals surface area contributed by atoms with E-state index in [-0.39, 0.29) is 6.10 Å². The van der Waals surface area contributed by atoms with Gasteiger partial charge in [0.2, 0.25) is 0 Å². The highest BCUT2D eigenvalue weighted by Crippen LogP contribution is 2.26. The Morgan fingerprint density at radius 1 is 1.38 bits per heavy atom. The molecular weight excluding hydrogens is 262 g/mol. The molecule has 1 aliphatic rings. The number of ether oxygens (including phenoxy) is 2. The molecule has 0 saturated carbocycles. The van der Waals surface area contributed by atoms with E-state index in [0.717, 1.165) is 25.2 Å². The third kappa shape index (κ3) is 4.92. The van der Waals surface area contributed by atoms with Crippen molar-refractivity contribution in [2.24, 2.45) is 0 Å². The second kappa shape index (κ2) is 7.69. The first-order valence-corrected chi connectivity index (χ1v) is 8.24. The van der Waals surface area contributed by atoms with Crippen LogP contribution < -0.4 is 10.1 Å². The van der Waals surface area contributed by atoms with Gasteiger partial charge in [0.1, 0.15) is 5.75 Å². The molecule has 118 valence electrons. The van der Waals surface area contributed by atoms with Gasteiger partial charge in [-0.3, -0.25) is 0 Å². The van der Waals surface area contributed by atoms with Gasteiger partial charge in [0.25, 0.3) is 0 Å². The molecule has 1 saturated heterocycles. The van der Waals surface area contributed by atoms with E-state index in [4.69, 9.17) is 9.47 Å². The third-order valence-corrected chi connectivity index (χ3v) is 3.91. The Morgan fingerprint density at radius 2 is 2.19 bits per heavy atom. The molecule has 0 aliphatic carbocycles. The largest absolute Gasteiger partial charge is 0.491 e. The fraction of sp³-hybridized carbons (Fsp3) is 0.667. The Kier molecular flexibility index (Phi) is 5.92. The lowest BCUT2D eigenvalue weighted by atomic mass is 9.99. The van der Waals surface area contributed by atoms with Crippen LogP contribution in [-0.4, -0.2) is 24.9 Å². The molecule has 2 rings (SSSR count). The van der Waals surface area contributed by atoms with Gasteiger partial charge in [-0.25, -0.2) is 0 Å². The summed E-state index contributed by atoms with van der Waals surface area (Å²) in [6.45, 7) is 9.33. The Bertz CT molecular complexity index is 443. The van der Waals surface area contributed by atoms with Crippen molar-refractivity contribution < 1.29 is 9.47 Å². The Hall–Kier alpha value is -1.22. The van der Waals surface area contributed by atoms with Crippen molar-refractivity contribution in [2.45, 2.75) is 71.6 Å². The fourth-order valence-corrected chi connectivity index (χ4v) is 2.90. The molecule has 1 heterocycles. The molecule has 1 aliphatic heterocycles. The molecule has 0 radical (unpaired) electrons. The van der Waals surface area contributed by atoms with E-state index >= 15 is 0 Å². The summed E-state index contributed by atoms with van der Waals surface area (Å²) in [6, 6.07) is 6.83. The number of aryl methyl sites for hydroxylation is 1. The second-order valence-corrected chi connectivity index (χ2v) is 6.29. The molecule has 0 aromatic heterocycles. The van der Waals surface area contributed by atoms with Crippen LogP contribution in [0.5, 0.6) is 5.75 Å². The minimum atomic E-state index is 0.216.